The van der Waals surface area contributed by atoms with E-state index in [1.807, 2.05) is 6.92 Å². The lowest BCUT2D eigenvalue weighted by Gasteiger charge is -2.20. The number of rotatable bonds is 6. The molecule has 0 aliphatic rings. The van der Waals surface area contributed by atoms with Crippen LogP contribution in [0.5, 0.6) is 0 Å². The molecule has 0 saturated heterocycles. The van der Waals surface area contributed by atoms with Crippen molar-refractivity contribution in [3.8, 4) is 0 Å². The van der Waals surface area contributed by atoms with Gasteiger partial charge < -0.3 is 5.11 Å². The van der Waals surface area contributed by atoms with Crippen LogP contribution in [0, 0.1) is 18.3 Å². The van der Waals surface area contributed by atoms with Gasteiger partial charge in [0, 0.05) is 0 Å². The van der Waals surface area contributed by atoms with Crippen LogP contribution in [0.1, 0.15) is 47.0 Å². The van der Waals surface area contributed by atoms with Gasteiger partial charge in [-0.1, -0.05) is 34.1 Å². The maximum atomic E-state index is 9.53. The van der Waals surface area contributed by atoms with Crippen molar-refractivity contribution in [3.63, 3.8) is 0 Å². The Kier molecular flexibility index (Phi) is 6.45. The molecule has 0 heterocycles. The Morgan fingerprint density at radius 2 is 1.83 bits per heavy atom. The molecule has 73 valence electrons. The first kappa shape index (κ1) is 12.0. The summed E-state index contributed by atoms with van der Waals surface area (Å²) in [5, 5.41) is 9.53. The van der Waals surface area contributed by atoms with E-state index in [1.165, 1.54) is 0 Å². The molecular formula is C11H23O. The second-order valence-electron chi connectivity index (χ2n) is 3.81. The van der Waals surface area contributed by atoms with E-state index in [4.69, 9.17) is 0 Å². The van der Waals surface area contributed by atoms with E-state index >= 15 is 0 Å². The molecule has 0 aromatic carbocycles. The highest BCUT2D eigenvalue weighted by molar-refractivity contribution is 4.75. The van der Waals surface area contributed by atoms with Gasteiger partial charge in [0.15, 0.2) is 0 Å². The van der Waals surface area contributed by atoms with E-state index in [9.17, 15) is 5.11 Å². The summed E-state index contributed by atoms with van der Waals surface area (Å²) in [6.07, 6.45) is 5.33. The Labute approximate surface area is 77.2 Å². The molecule has 0 aromatic rings. The van der Waals surface area contributed by atoms with Gasteiger partial charge in [-0.15, -0.1) is 0 Å². The molecule has 1 N–H and O–H groups in total. The van der Waals surface area contributed by atoms with Gasteiger partial charge in [-0.25, -0.2) is 0 Å². The standard InChI is InChI=1S/C11H23O/c1-5-7-9(3)8-10(4)11(12)6-2/h7,9-12H,5-6,8H2,1-4H3. The van der Waals surface area contributed by atoms with E-state index < -0.39 is 0 Å². The smallest absolute Gasteiger partial charge is 0.0563 e. The largest absolute Gasteiger partial charge is 0.393 e. The third-order valence-electron chi connectivity index (χ3n) is 2.46. The molecule has 0 spiro atoms. The lowest BCUT2D eigenvalue weighted by atomic mass is 9.89. The zero-order chi connectivity index (χ0) is 9.56. The fourth-order valence-electron chi connectivity index (χ4n) is 1.64. The molecule has 3 unspecified atom stereocenters. The van der Waals surface area contributed by atoms with E-state index in [-0.39, 0.29) is 6.10 Å². The van der Waals surface area contributed by atoms with Crippen molar-refractivity contribution in [2.75, 3.05) is 0 Å². The minimum atomic E-state index is -0.113. The Hall–Kier alpha value is -0.0400. The first-order chi connectivity index (χ1) is 5.61. The van der Waals surface area contributed by atoms with Gasteiger partial charge >= 0.3 is 0 Å². The number of hydrogen-bond acceptors (Lipinski definition) is 1. The minimum absolute atomic E-state index is 0.113. The van der Waals surface area contributed by atoms with Crippen molar-refractivity contribution in [1.82, 2.24) is 0 Å². The summed E-state index contributed by atoms with van der Waals surface area (Å²) in [5.74, 6) is 1.08. The zero-order valence-corrected chi connectivity index (χ0v) is 8.88. The minimum Gasteiger partial charge on any atom is -0.393 e. The average Bonchev–Trinajstić information content (AvgIpc) is 2.03. The van der Waals surface area contributed by atoms with Crippen LogP contribution in [0.3, 0.4) is 0 Å². The quantitative estimate of drug-likeness (QED) is 0.651. The topological polar surface area (TPSA) is 20.2 Å². The maximum Gasteiger partial charge on any atom is 0.0563 e. The predicted octanol–water partition coefficient (Wildman–Crippen LogP) is 3.03. The summed E-state index contributed by atoms with van der Waals surface area (Å²) in [6, 6.07) is 0. The maximum absolute atomic E-state index is 9.53. The highest BCUT2D eigenvalue weighted by atomic mass is 16.3. The van der Waals surface area contributed by atoms with Gasteiger partial charge in [0.25, 0.3) is 0 Å². The molecule has 0 bridgehead atoms. The Morgan fingerprint density at radius 3 is 2.25 bits per heavy atom. The van der Waals surface area contributed by atoms with E-state index in [1.54, 1.807) is 0 Å². The molecule has 1 radical (unpaired) electrons. The Bertz CT molecular complexity index is 101. The second kappa shape index (κ2) is 6.47. The third-order valence-corrected chi connectivity index (χ3v) is 2.46. The van der Waals surface area contributed by atoms with Crippen molar-refractivity contribution in [3.05, 3.63) is 6.42 Å². The summed E-state index contributed by atoms with van der Waals surface area (Å²) in [4.78, 5) is 0. The van der Waals surface area contributed by atoms with Crippen LogP contribution in [0.25, 0.3) is 0 Å². The molecule has 0 rings (SSSR count). The van der Waals surface area contributed by atoms with Gasteiger partial charge in [0.05, 0.1) is 6.10 Å². The molecule has 0 fully saturated rings. The monoisotopic (exact) mass is 171 g/mol. The van der Waals surface area contributed by atoms with Gasteiger partial charge in [-0.2, -0.15) is 0 Å². The van der Waals surface area contributed by atoms with Crippen LogP contribution in [-0.2, 0) is 0 Å². The normalized spacial score (nSPS) is 18.8. The van der Waals surface area contributed by atoms with Crippen LogP contribution in [0.4, 0.5) is 0 Å². The van der Waals surface area contributed by atoms with Gasteiger partial charge in [-0.05, 0) is 31.1 Å². The lowest BCUT2D eigenvalue weighted by Crippen LogP contribution is -2.18. The van der Waals surface area contributed by atoms with Crippen LogP contribution in [0.2, 0.25) is 0 Å². The summed E-state index contributed by atoms with van der Waals surface area (Å²) < 4.78 is 0. The number of hydrogen-bond donors (Lipinski definition) is 1. The molecule has 0 saturated carbocycles. The highest BCUT2D eigenvalue weighted by Crippen LogP contribution is 2.19. The summed E-state index contributed by atoms with van der Waals surface area (Å²) in [6.45, 7) is 8.56. The van der Waals surface area contributed by atoms with Gasteiger partial charge in [0.2, 0.25) is 0 Å². The molecular weight excluding hydrogens is 148 g/mol. The molecule has 0 aliphatic heterocycles. The second-order valence-corrected chi connectivity index (χ2v) is 3.81. The third kappa shape index (κ3) is 4.76. The predicted molar refractivity (Wildman–Crippen MR) is 53.8 cm³/mol. The van der Waals surface area contributed by atoms with Crippen molar-refractivity contribution < 1.29 is 5.11 Å². The van der Waals surface area contributed by atoms with Crippen molar-refractivity contribution in [2.24, 2.45) is 11.8 Å². The van der Waals surface area contributed by atoms with Gasteiger partial charge in [-0.3, -0.25) is 0 Å². The average molecular weight is 171 g/mol. The Morgan fingerprint density at radius 1 is 1.25 bits per heavy atom. The lowest BCUT2D eigenvalue weighted by molar-refractivity contribution is 0.102. The van der Waals surface area contributed by atoms with Crippen LogP contribution < -0.4 is 0 Å². The number of aliphatic hydroxyl groups excluding tert-OH is 1. The van der Waals surface area contributed by atoms with Crippen LogP contribution in [0.15, 0.2) is 0 Å². The van der Waals surface area contributed by atoms with E-state index in [2.05, 4.69) is 27.2 Å². The van der Waals surface area contributed by atoms with Crippen LogP contribution in [-0.4, -0.2) is 11.2 Å². The summed E-state index contributed by atoms with van der Waals surface area (Å²) in [7, 11) is 0. The molecule has 0 aliphatic carbocycles. The molecule has 0 aromatic heterocycles. The first-order valence-electron chi connectivity index (χ1n) is 5.13. The molecule has 1 nitrogen and oxygen atoms in total. The zero-order valence-electron chi connectivity index (χ0n) is 8.88. The SMILES string of the molecule is CC[CH]C(C)CC(C)C(O)CC. The van der Waals surface area contributed by atoms with E-state index in [0.717, 1.165) is 19.3 Å². The number of aliphatic hydroxyl groups is 1. The highest BCUT2D eigenvalue weighted by Gasteiger charge is 2.14. The summed E-state index contributed by atoms with van der Waals surface area (Å²) >= 11 is 0. The summed E-state index contributed by atoms with van der Waals surface area (Å²) in [5.41, 5.74) is 0. The van der Waals surface area contributed by atoms with Gasteiger partial charge in [0.1, 0.15) is 0 Å². The van der Waals surface area contributed by atoms with Crippen molar-refractivity contribution in [2.45, 2.75) is 53.1 Å². The van der Waals surface area contributed by atoms with Crippen molar-refractivity contribution >= 4 is 0 Å². The van der Waals surface area contributed by atoms with Crippen LogP contribution >= 0.6 is 0 Å². The molecule has 12 heavy (non-hydrogen) atoms. The fraction of sp³-hybridized carbons (Fsp3) is 0.909. The Balaban J connectivity index is 3.59. The molecule has 0 amide bonds. The van der Waals surface area contributed by atoms with Crippen molar-refractivity contribution in [1.29, 1.82) is 0 Å². The first-order valence-corrected chi connectivity index (χ1v) is 5.13. The van der Waals surface area contributed by atoms with E-state index in [0.29, 0.717) is 11.8 Å². The molecule has 3 atom stereocenters. The molecule has 1 heteroatoms. The fourth-order valence-corrected chi connectivity index (χ4v) is 1.64.